The molecular weight excluding hydrogens is 397 g/mol. The zero-order valence-electron chi connectivity index (χ0n) is 16.2. The maximum atomic E-state index is 12.3. The first-order valence-corrected chi connectivity index (χ1v) is 10.8. The first-order valence-electron chi connectivity index (χ1n) is 9.87. The third kappa shape index (κ3) is 4.83. The van der Waals surface area contributed by atoms with Crippen molar-refractivity contribution in [2.45, 2.75) is 51.9 Å². The first-order chi connectivity index (χ1) is 13.9. The highest BCUT2D eigenvalue weighted by atomic mass is 32.1. The topological polar surface area (TPSA) is 27.1 Å². The molecule has 154 valence electrons. The maximum absolute atomic E-state index is 12.3. The molecule has 3 nitrogen and oxygen atoms in total. The molecule has 1 fully saturated rings. The Kier molecular flexibility index (Phi) is 5.67. The lowest BCUT2D eigenvalue weighted by Crippen LogP contribution is -2.16. The van der Waals surface area contributed by atoms with Crippen LogP contribution in [0.3, 0.4) is 0 Å². The number of nitrogens with zero attached hydrogens (tertiary/aromatic N) is 2. The Balaban J connectivity index is 1.53. The van der Waals surface area contributed by atoms with Crippen LogP contribution in [-0.4, -0.2) is 15.9 Å². The van der Waals surface area contributed by atoms with Gasteiger partial charge in [-0.15, -0.1) is 24.5 Å². The summed E-state index contributed by atoms with van der Waals surface area (Å²) in [5.41, 5.74) is 4.02. The van der Waals surface area contributed by atoms with E-state index in [9.17, 15) is 13.2 Å². The van der Waals surface area contributed by atoms with E-state index in [1.54, 1.807) is 12.1 Å². The van der Waals surface area contributed by atoms with Crippen molar-refractivity contribution in [2.24, 2.45) is 5.92 Å². The van der Waals surface area contributed by atoms with Gasteiger partial charge in [0.05, 0.1) is 11.4 Å². The van der Waals surface area contributed by atoms with Gasteiger partial charge in [0.25, 0.3) is 0 Å². The summed E-state index contributed by atoms with van der Waals surface area (Å²) in [5, 5.41) is 2.79. The van der Waals surface area contributed by atoms with Crippen molar-refractivity contribution in [3.8, 4) is 27.7 Å². The van der Waals surface area contributed by atoms with E-state index in [-0.39, 0.29) is 5.75 Å². The van der Waals surface area contributed by atoms with Crippen LogP contribution in [0, 0.1) is 12.8 Å². The summed E-state index contributed by atoms with van der Waals surface area (Å²) >= 11 is 1.49. The molecule has 29 heavy (non-hydrogen) atoms. The summed E-state index contributed by atoms with van der Waals surface area (Å²) in [6.45, 7) is 3.14. The van der Waals surface area contributed by atoms with Crippen LogP contribution >= 0.6 is 11.3 Å². The number of alkyl halides is 3. The van der Waals surface area contributed by atoms with Crippen LogP contribution in [0.25, 0.3) is 22.0 Å². The fraction of sp³-hybridized carbons (Fsp3) is 0.409. The molecule has 0 spiro atoms. The van der Waals surface area contributed by atoms with Gasteiger partial charge in [-0.25, -0.2) is 4.98 Å². The Labute approximate surface area is 172 Å². The van der Waals surface area contributed by atoms with Crippen molar-refractivity contribution in [3.05, 3.63) is 47.5 Å². The Bertz CT molecular complexity index is 953. The van der Waals surface area contributed by atoms with Gasteiger partial charge in [-0.2, -0.15) is 0 Å². The average molecular weight is 421 g/mol. The number of ether oxygens (including phenoxy) is 1. The Hall–Kier alpha value is -2.28. The smallest absolute Gasteiger partial charge is 0.406 e. The molecular formula is C22H23F3N2OS. The predicted octanol–water partition coefficient (Wildman–Crippen LogP) is 7.07. The second kappa shape index (κ2) is 8.22. The molecule has 0 bridgehead atoms. The van der Waals surface area contributed by atoms with Crippen LogP contribution < -0.4 is 4.74 Å². The molecule has 0 unspecified atom stereocenters. The van der Waals surface area contributed by atoms with Crippen LogP contribution in [0.15, 0.2) is 41.8 Å². The molecule has 4 rings (SSSR count). The van der Waals surface area contributed by atoms with E-state index >= 15 is 0 Å². The minimum absolute atomic E-state index is 0.227. The van der Waals surface area contributed by atoms with E-state index in [2.05, 4.69) is 28.4 Å². The lowest BCUT2D eigenvalue weighted by atomic mass is 9.89. The van der Waals surface area contributed by atoms with Crippen LogP contribution in [0.2, 0.25) is 0 Å². The Morgan fingerprint density at radius 1 is 1.07 bits per heavy atom. The zero-order chi connectivity index (χ0) is 20.4. The Morgan fingerprint density at radius 3 is 2.48 bits per heavy atom. The number of halogens is 3. The average Bonchev–Trinajstić information content (AvgIpc) is 3.30. The van der Waals surface area contributed by atoms with Crippen molar-refractivity contribution in [2.75, 3.05) is 0 Å². The first kappa shape index (κ1) is 20.0. The summed E-state index contributed by atoms with van der Waals surface area (Å²) in [7, 11) is 0. The fourth-order valence-electron chi connectivity index (χ4n) is 3.99. The molecule has 0 atom stereocenters. The largest absolute Gasteiger partial charge is 0.573 e. The van der Waals surface area contributed by atoms with Gasteiger partial charge in [-0.3, -0.25) is 0 Å². The highest BCUT2D eigenvalue weighted by Crippen LogP contribution is 2.33. The van der Waals surface area contributed by atoms with E-state index in [1.807, 2.05) is 5.38 Å². The minimum Gasteiger partial charge on any atom is -0.406 e. The van der Waals surface area contributed by atoms with Gasteiger partial charge in [-0.1, -0.05) is 19.3 Å². The molecule has 0 amide bonds. The maximum Gasteiger partial charge on any atom is 0.573 e. The van der Waals surface area contributed by atoms with Crippen LogP contribution in [-0.2, 0) is 6.54 Å². The fourth-order valence-corrected chi connectivity index (χ4v) is 4.81. The highest BCUT2D eigenvalue weighted by Gasteiger charge is 2.31. The molecule has 0 radical (unpaired) electrons. The number of benzene rings is 1. The lowest BCUT2D eigenvalue weighted by Gasteiger charge is -2.24. The molecule has 7 heteroatoms. The zero-order valence-corrected chi connectivity index (χ0v) is 17.0. The van der Waals surface area contributed by atoms with Crippen molar-refractivity contribution in [3.63, 3.8) is 0 Å². The van der Waals surface area contributed by atoms with Crippen LogP contribution in [0.5, 0.6) is 5.75 Å². The van der Waals surface area contributed by atoms with E-state index in [1.165, 1.54) is 61.3 Å². The summed E-state index contributed by atoms with van der Waals surface area (Å²) in [4.78, 5) is 4.76. The lowest BCUT2D eigenvalue weighted by molar-refractivity contribution is -0.274. The minimum atomic E-state index is -4.68. The highest BCUT2D eigenvalue weighted by molar-refractivity contribution is 7.13. The van der Waals surface area contributed by atoms with Crippen molar-refractivity contribution in [1.82, 2.24) is 9.55 Å². The summed E-state index contributed by atoms with van der Waals surface area (Å²) in [6, 6.07) is 10.1. The molecule has 0 N–H and O–H groups in total. The molecule has 1 aromatic carbocycles. The third-order valence-corrected chi connectivity index (χ3v) is 6.36. The van der Waals surface area contributed by atoms with Gasteiger partial charge >= 0.3 is 6.36 Å². The summed E-state index contributed by atoms with van der Waals surface area (Å²) < 4.78 is 43.3. The van der Waals surface area contributed by atoms with Gasteiger partial charge in [0.1, 0.15) is 10.8 Å². The molecule has 2 aromatic heterocycles. The Morgan fingerprint density at radius 2 is 1.79 bits per heavy atom. The van der Waals surface area contributed by atoms with Crippen molar-refractivity contribution < 1.29 is 17.9 Å². The number of aryl methyl sites for hydroxylation is 1. The number of rotatable bonds is 5. The molecule has 1 aliphatic rings. The van der Waals surface area contributed by atoms with Gasteiger partial charge in [-0.05, 0) is 62.1 Å². The SMILES string of the molecule is Cc1ccc(-c2csc(-c3ccc(OC(F)(F)F)cc3)n2)n1CC1CCCCC1. The van der Waals surface area contributed by atoms with Gasteiger partial charge in [0.15, 0.2) is 0 Å². The molecule has 0 saturated heterocycles. The van der Waals surface area contributed by atoms with E-state index in [4.69, 9.17) is 4.98 Å². The van der Waals surface area contributed by atoms with Crippen LogP contribution in [0.1, 0.15) is 37.8 Å². The summed E-state index contributed by atoms with van der Waals surface area (Å²) in [6.07, 6.45) is 1.86. The van der Waals surface area contributed by atoms with E-state index in [0.717, 1.165) is 28.5 Å². The monoisotopic (exact) mass is 420 g/mol. The van der Waals surface area contributed by atoms with Crippen molar-refractivity contribution >= 4 is 11.3 Å². The standard InChI is InChI=1S/C22H23F3N2OS/c1-15-7-12-20(27(15)13-16-5-3-2-4-6-16)19-14-29-21(26-19)17-8-10-18(11-9-17)28-22(23,24)25/h7-12,14,16H,2-6,13H2,1H3. The molecule has 1 aliphatic carbocycles. The number of thiazole rings is 1. The number of aromatic nitrogens is 2. The molecule has 1 saturated carbocycles. The number of hydrogen-bond acceptors (Lipinski definition) is 3. The third-order valence-electron chi connectivity index (χ3n) is 5.47. The van der Waals surface area contributed by atoms with E-state index < -0.39 is 6.36 Å². The van der Waals surface area contributed by atoms with Gasteiger partial charge in [0, 0.05) is 23.2 Å². The van der Waals surface area contributed by atoms with Gasteiger partial charge < -0.3 is 9.30 Å². The second-order valence-electron chi connectivity index (χ2n) is 7.58. The number of hydrogen-bond donors (Lipinski definition) is 0. The molecule has 0 aliphatic heterocycles. The normalized spacial score (nSPS) is 15.6. The quantitative estimate of drug-likeness (QED) is 0.441. The molecule has 2 heterocycles. The summed E-state index contributed by atoms with van der Waals surface area (Å²) in [5.74, 6) is 0.489. The van der Waals surface area contributed by atoms with Crippen molar-refractivity contribution in [1.29, 1.82) is 0 Å². The van der Waals surface area contributed by atoms with Gasteiger partial charge in [0.2, 0.25) is 0 Å². The second-order valence-corrected chi connectivity index (χ2v) is 8.44. The van der Waals surface area contributed by atoms with E-state index in [0.29, 0.717) is 5.92 Å². The molecule has 3 aromatic rings. The van der Waals surface area contributed by atoms with Crippen LogP contribution in [0.4, 0.5) is 13.2 Å². The predicted molar refractivity (Wildman–Crippen MR) is 109 cm³/mol.